The number of ether oxygens (including phenoxy) is 1. The van der Waals surface area contributed by atoms with Gasteiger partial charge in [0.1, 0.15) is 17.9 Å². The highest BCUT2D eigenvalue weighted by Crippen LogP contribution is 2.15. The summed E-state index contributed by atoms with van der Waals surface area (Å²) in [5, 5.41) is 0. The number of hydrogen-bond acceptors (Lipinski definition) is 3. The molecular formula is C24H42O3. The van der Waals surface area contributed by atoms with Crippen molar-refractivity contribution in [1.82, 2.24) is 0 Å². The Morgan fingerprint density at radius 3 is 1.74 bits per heavy atom. The van der Waals surface area contributed by atoms with Crippen molar-refractivity contribution in [2.45, 2.75) is 117 Å². The molecule has 1 aromatic heterocycles. The van der Waals surface area contributed by atoms with Gasteiger partial charge in [0, 0.05) is 6.42 Å². The molecule has 156 valence electrons. The van der Waals surface area contributed by atoms with Crippen LogP contribution in [0.25, 0.3) is 0 Å². The Morgan fingerprint density at radius 2 is 1.22 bits per heavy atom. The predicted octanol–water partition coefficient (Wildman–Crippen LogP) is 7.41. The summed E-state index contributed by atoms with van der Waals surface area (Å²) in [6.45, 7) is 4.52. The van der Waals surface area contributed by atoms with Gasteiger partial charge < -0.3 is 9.15 Å². The first-order chi connectivity index (χ1) is 13.3. The van der Waals surface area contributed by atoms with Crippen LogP contribution in [0.4, 0.5) is 0 Å². The second-order valence-corrected chi connectivity index (χ2v) is 7.70. The number of aryl methyl sites for hydroxylation is 1. The SMILES string of the molecule is CCCCCCCCCCCCCCCCc1ccc(CC(=O)OCC)o1. The number of rotatable bonds is 18. The van der Waals surface area contributed by atoms with Gasteiger partial charge in [0.05, 0.1) is 6.61 Å². The van der Waals surface area contributed by atoms with Gasteiger partial charge in [0.2, 0.25) is 0 Å². The van der Waals surface area contributed by atoms with E-state index in [0.717, 1.165) is 12.2 Å². The Hall–Kier alpha value is -1.25. The fourth-order valence-electron chi connectivity index (χ4n) is 3.50. The third-order valence-corrected chi connectivity index (χ3v) is 5.12. The average Bonchev–Trinajstić information content (AvgIpc) is 3.09. The zero-order chi connectivity index (χ0) is 19.6. The molecule has 0 amide bonds. The van der Waals surface area contributed by atoms with Crippen LogP contribution >= 0.6 is 0 Å². The first kappa shape index (κ1) is 23.8. The molecule has 0 aliphatic heterocycles. The minimum Gasteiger partial charge on any atom is -0.466 e. The van der Waals surface area contributed by atoms with Crippen molar-refractivity contribution in [2.24, 2.45) is 0 Å². The van der Waals surface area contributed by atoms with Crippen molar-refractivity contribution in [3.8, 4) is 0 Å². The minimum atomic E-state index is -0.213. The quantitative estimate of drug-likeness (QED) is 0.197. The number of carbonyl (C=O) groups excluding carboxylic acids is 1. The monoisotopic (exact) mass is 378 g/mol. The number of esters is 1. The van der Waals surface area contributed by atoms with Gasteiger partial charge in [-0.15, -0.1) is 0 Å². The van der Waals surface area contributed by atoms with Gasteiger partial charge in [0.25, 0.3) is 0 Å². The van der Waals surface area contributed by atoms with E-state index in [2.05, 4.69) is 6.92 Å². The van der Waals surface area contributed by atoms with Crippen LogP contribution in [-0.2, 0) is 22.4 Å². The van der Waals surface area contributed by atoms with E-state index in [4.69, 9.17) is 9.15 Å². The lowest BCUT2D eigenvalue weighted by Crippen LogP contribution is -2.06. The molecule has 3 nitrogen and oxygen atoms in total. The molecule has 3 heteroatoms. The highest BCUT2D eigenvalue weighted by molar-refractivity contribution is 5.71. The molecule has 0 N–H and O–H groups in total. The van der Waals surface area contributed by atoms with E-state index in [-0.39, 0.29) is 12.4 Å². The van der Waals surface area contributed by atoms with E-state index in [1.54, 1.807) is 0 Å². The van der Waals surface area contributed by atoms with E-state index in [1.807, 2.05) is 19.1 Å². The van der Waals surface area contributed by atoms with Crippen molar-refractivity contribution >= 4 is 5.97 Å². The lowest BCUT2D eigenvalue weighted by molar-refractivity contribution is -0.142. The third-order valence-electron chi connectivity index (χ3n) is 5.12. The molecular weight excluding hydrogens is 336 g/mol. The Labute approximate surface area is 167 Å². The van der Waals surface area contributed by atoms with Crippen LogP contribution in [-0.4, -0.2) is 12.6 Å². The van der Waals surface area contributed by atoms with Crippen molar-refractivity contribution in [1.29, 1.82) is 0 Å². The van der Waals surface area contributed by atoms with E-state index >= 15 is 0 Å². The molecule has 27 heavy (non-hydrogen) atoms. The maximum Gasteiger partial charge on any atom is 0.313 e. The van der Waals surface area contributed by atoms with Crippen molar-refractivity contribution in [3.63, 3.8) is 0 Å². The first-order valence-electron chi connectivity index (χ1n) is 11.5. The van der Waals surface area contributed by atoms with Crippen molar-refractivity contribution in [2.75, 3.05) is 6.61 Å². The van der Waals surface area contributed by atoms with Crippen LogP contribution in [0.1, 0.15) is 115 Å². The molecule has 0 aliphatic rings. The first-order valence-corrected chi connectivity index (χ1v) is 11.5. The molecule has 0 unspecified atom stereocenters. The van der Waals surface area contributed by atoms with E-state index in [1.165, 1.54) is 89.9 Å². The lowest BCUT2D eigenvalue weighted by Gasteiger charge is -2.03. The Balaban J connectivity index is 1.88. The summed E-state index contributed by atoms with van der Waals surface area (Å²) >= 11 is 0. The van der Waals surface area contributed by atoms with Crippen molar-refractivity contribution in [3.05, 3.63) is 23.7 Å². The molecule has 0 saturated heterocycles. The van der Waals surface area contributed by atoms with Gasteiger partial charge in [-0.3, -0.25) is 4.79 Å². The summed E-state index contributed by atoms with van der Waals surface area (Å²) in [6.07, 6.45) is 20.5. The summed E-state index contributed by atoms with van der Waals surface area (Å²) < 4.78 is 10.7. The molecule has 1 heterocycles. The molecule has 1 aromatic rings. The molecule has 0 fully saturated rings. The van der Waals surface area contributed by atoms with Crippen LogP contribution < -0.4 is 0 Å². The molecule has 0 bridgehead atoms. The summed E-state index contributed by atoms with van der Waals surface area (Å²) in [4.78, 5) is 11.4. The highest BCUT2D eigenvalue weighted by Gasteiger charge is 2.08. The zero-order valence-electron chi connectivity index (χ0n) is 17.9. The molecule has 0 aliphatic carbocycles. The standard InChI is InChI=1S/C24H42O3/c1-3-5-6-7-8-9-10-11-12-13-14-15-16-17-18-22-19-20-23(27-22)21-24(25)26-4-2/h19-20H,3-18,21H2,1-2H3. The van der Waals surface area contributed by atoms with Gasteiger partial charge >= 0.3 is 5.97 Å². The van der Waals surface area contributed by atoms with Crippen LogP contribution in [0.2, 0.25) is 0 Å². The molecule has 0 atom stereocenters. The number of hydrogen-bond donors (Lipinski definition) is 0. The van der Waals surface area contributed by atoms with Crippen LogP contribution in [0.3, 0.4) is 0 Å². The van der Waals surface area contributed by atoms with Crippen LogP contribution in [0.15, 0.2) is 16.5 Å². The summed E-state index contributed by atoms with van der Waals surface area (Å²) in [6, 6.07) is 3.90. The maximum absolute atomic E-state index is 11.4. The van der Waals surface area contributed by atoms with Gasteiger partial charge in [0.15, 0.2) is 0 Å². The van der Waals surface area contributed by atoms with Gasteiger partial charge in [-0.25, -0.2) is 0 Å². The number of furan rings is 1. The van der Waals surface area contributed by atoms with E-state index in [0.29, 0.717) is 12.4 Å². The summed E-state index contributed by atoms with van der Waals surface area (Å²) in [5.41, 5.74) is 0. The lowest BCUT2D eigenvalue weighted by atomic mass is 10.0. The van der Waals surface area contributed by atoms with Gasteiger partial charge in [-0.2, -0.15) is 0 Å². The Morgan fingerprint density at radius 1 is 0.741 bits per heavy atom. The maximum atomic E-state index is 11.4. The van der Waals surface area contributed by atoms with Crippen LogP contribution in [0.5, 0.6) is 0 Å². The Kier molecular flexibility index (Phi) is 14.9. The van der Waals surface area contributed by atoms with E-state index < -0.39 is 0 Å². The van der Waals surface area contributed by atoms with Crippen LogP contribution in [0, 0.1) is 0 Å². The van der Waals surface area contributed by atoms with E-state index in [9.17, 15) is 4.79 Å². The van der Waals surface area contributed by atoms with Gasteiger partial charge in [-0.05, 0) is 25.5 Å². The third kappa shape index (κ3) is 13.5. The molecule has 0 saturated carbocycles. The fraction of sp³-hybridized carbons (Fsp3) is 0.792. The molecule has 0 spiro atoms. The predicted molar refractivity (Wildman–Crippen MR) is 113 cm³/mol. The smallest absolute Gasteiger partial charge is 0.313 e. The molecule has 0 radical (unpaired) electrons. The normalized spacial score (nSPS) is 11.0. The highest BCUT2D eigenvalue weighted by atomic mass is 16.5. The topological polar surface area (TPSA) is 39.4 Å². The molecule has 0 aromatic carbocycles. The van der Waals surface area contributed by atoms with Gasteiger partial charge in [-0.1, -0.05) is 90.4 Å². The summed E-state index contributed by atoms with van der Waals surface area (Å²) in [5.74, 6) is 1.50. The summed E-state index contributed by atoms with van der Waals surface area (Å²) in [7, 11) is 0. The number of unbranched alkanes of at least 4 members (excludes halogenated alkanes) is 13. The average molecular weight is 379 g/mol. The van der Waals surface area contributed by atoms with Crippen molar-refractivity contribution < 1.29 is 13.9 Å². The number of carbonyl (C=O) groups is 1. The minimum absolute atomic E-state index is 0.213. The zero-order valence-corrected chi connectivity index (χ0v) is 17.9. The second-order valence-electron chi connectivity index (χ2n) is 7.70. The Bertz CT molecular complexity index is 464. The largest absolute Gasteiger partial charge is 0.466 e. The fourth-order valence-corrected chi connectivity index (χ4v) is 3.50. The second kappa shape index (κ2) is 16.9. The molecule has 1 rings (SSSR count).